The minimum Gasteiger partial charge on any atom is -0.472 e. The van der Waals surface area contributed by atoms with E-state index in [9.17, 15) is 13.6 Å². The zero-order valence-electron chi connectivity index (χ0n) is 25.5. The van der Waals surface area contributed by atoms with Gasteiger partial charge in [0.1, 0.15) is 18.2 Å². The van der Waals surface area contributed by atoms with E-state index in [0.29, 0.717) is 23.7 Å². The molecule has 0 radical (unpaired) electrons. The van der Waals surface area contributed by atoms with Crippen LogP contribution in [0, 0.1) is 5.41 Å². The molecule has 0 bridgehead atoms. The Morgan fingerprint density at radius 3 is 2.17 bits per heavy atom. The fourth-order valence-corrected chi connectivity index (χ4v) is 4.70. The maximum absolute atomic E-state index is 13.2. The van der Waals surface area contributed by atoms with Crippen LogP contribution in [0.5, 0.6) is 5.88 Å². The lowest BCUT2D eigenvalue weighted by Gasteiger charge is -2.52. The third-order valence-electron chi connectivity index (χ3n) is 6.85. The number of ketones is 1. The van der Waals surface area contributed by atoms with Crippen molar-refractivity contribution in [1.29, 1.82) is 0 Å². The molecule has 0 spiro atoms. The molecule has 0 amide bonds. The fraction of sp³-hybridized carbons (Fsp3) is 0.485. The molecule has 1 aromatic carbocycles. The summed E-state index contributed by atoms with van der Waals surface area (Å²) in [5.41, 5.74) is 3.45. The summed E-state index contributed by atoms with van der Waals surface area (Å²) in [6.07, 6.45) is 9.80. The Labute approximate surface area is 244 Å². The normalized spacial score (nSPS) is 14.6. The second-order valence-electron chi connectivity index (χ2n) is 10.9. The van der Waals surface area contributed by atoms with Crippen molar-refractivity contribution >= 4 is 17.3 Å². The number of halogens is 2. The molecule has 1 aromatic heterocycles. The molecule has 2 heterocycles. The van der Waals surface area contributed by atoms with Crippen molar-refractivity contribution in [1.82, 2.24) is 10.2 Å². The number of hydrogen-bond donors (Lipinski definition) is 1. The summed E-state index contributed by atoms with van der Waals surface area (Å²) < 4.78 is 32.1. The van der Waals surface area contributed by atoms with E-state index in [-0.39, 0.29) is 18.0 Å². The number of ether oxygens (including phenoxy) is 1. The maximum Gasteiger partial charge on any atom is 0.269 e. The van der Waals surface area contributed by atoms with E-state index in [2.05, 4.69) is 65.1 Å². The summed E-state index contributed by atoms with van der Waals surface area (Å²) in [4.78, 5) is 11.9. The Hall–Kier alpha value is -3.55. The Bertz CT molecular complexity index is 1150. The zero-order valence-corrected chi connectivity index (χ0v) is 25.5. The number of nitrogens with one attached hydrogen (secondary N) is 1. The molecule has 2 aromatic rings. The molecule has 1 aliphatic heterocycles. The molecular weight excluding hydrogens is 522 g/mol. The highest BCUT2D eigenvalue weighted by Crippen LogP contribution is 2.41. The van der Waals surface area contributed by atoms with Crippen molar-refractivity contribution in [3.05, 3.63) is 77.9 Å². The van der Waals surface area contributed by atoms with Crippen LogP contribution >= 0.6 is 0 Å². The second kappa shape index (κ2) is 16.0. The van der Waals surface area contributed by atoms with Crippen LogP contribution < -0.4 is 15.0 Å². The smallest absolute Gasteiger partial charge is 0.269 e. The van der Waals surface area contributed by atoms with Crippen molar-refractivity contribution in [2.45, 2.75) is 79.7 Å². The molecule has 1 N–H and O–H groups in total. The number of rotatable bonds is 14. The molecule has 0 aliphatic carbocycles. The Morgan fingerprint density at radius 1 is 1.07 bits per heavy atom. The Balaban J connectivity index is 0.00000138. The number of carbonyl (C=O) groups excluding carboxylic acids is 1. The molecule has 1 fully saturated rings. The van der Waals surface area contributed by atoms with Gasteiger partial charge in [-0.2, -0.15) is 0 Å². The summed E-state index contributed by atoms with van der Waals surface area (Å²) in [5.74, 6) is -1.77. The predicted molar refractivity (Wildman–Crippen MR) is 165 cm³/mol. The number of alkyl halides is 2. The van der Waals surface area contributed by atoms with Crippen LogP contribution in [0.1, 0.15) is 72.8 Å². The lowest BCUT2D eigenvalue weighted by Crippen LogP contribution is -2.56. The van der Waals surface area contributed by atoms with Crippen LogP contribution in [-0.2, 0) is 11.3 Å². The molecule has 6 nitrogen and oxygen atoms in total. The molecule has 0 atom stereocenters. The van der Waals surface area contributed by atoms with Crippen LogP contribution in [0.2, 0.25) is 0 Å². The number of Topliss-reactive ketones (excluding diaryl/α,β-unsaturated/α-hetero) is 1. The van der Waals surface area contributed by atoms with E-state index in [0.717, 1.165) is 25.6 Å². The monoisotopic (exact) mass is 568 g/mol. The first-order valence-electron chi connectivity index (χ1n) is 14.3. The number of carbonyl (C=O) groups is 1. The van der Waals surface area contributed by atoms with Crippen LogP contribution in [0.25, 0.3) is 0 Å². The first kappa shape index (κ1) is 33.7. The van der Waals surface area contributed by atoms with Crippen LogP contribution in [0.3, 0.4) is 0 Å². The average molecular weight is 569 g/mol. The number of aromatic nitrogens is 2. The molecule has 1 aliphatic rings. The Morgan fingerprint density at radius 2 is 1.68 bits per heavy atom. The quantitative estimate of drug-likeness (QED) is 0.232. The fourth-order valence-electron chi connectivity index (χ4n) is 4.70. The van der Waals surface area contributed by atoms with Gasteiger partial charge in [-0.1, -0.05) is 63.6 Å². The van der Waals surface area contributed by atoms with E-state index < -0.39 is 5.92 Å². The summed E-state index contributed by atoms with van der Waals surface area (Å²) >= 11 is 0. The van der Waals surface area contributed by atoms with Crippen molar-refractivity contribution in [2.75, 3.05) is 29.9 Å². The van der Waals surface area contributed by atoms with Gasteiger partial charge in [0.25, 0.3) is 5.92 Å². The largest absolute Gasteiger partial charge is 0.472 e. The maximum atomic E-state index is 13.2. The topological polar surface area (TPSA) is 67.3 Å². The average Bonchev–Trinajstić information content (AvgIpc) is 2.90. The van der Waals surface area contributed by atoms with Gasteiger partial charge in [-0.25, -0.2) is 8.78 Å². The highest BCUT2D eigenvalue weighted by molar-refractivity contribution is 5.72. The van der Waals surface area contributed by atoms with Gasteiger partial charge in [0.2, 0.25) is 5.88 Å². The van der Waals surface area contributed by atoms with E-state index >= 15 is 0 Å². The first-order valence-corrected chi connectivity index (χ1v) is 14.3. The standard InChI is InChI=1S/C30H40F2N4O.C3H6O/c1-6-17-30(18-7-2)21-36(22-30)26-13-11-25(12-14-26)19-33-27-15-16-28(35-34-27)37-20-24(8-3)10-9-23(4)29(5,31)32;1-3(2)4/h8-16H,4,6-7,17-22H2,1-3,5H3,(H,33,34);1-2H3/b10-9-,24-8+;. The van der Waals surface area contributed by atoms with Gasteiger partial charge in [-0.15, -0.1) is 10.2 Å². The summed E-state index contributed by atoms with van der Waals surface area (Å²) in [5, 5.41) is 11.6. The number of hydrogen-bond acceptors (Lipinski definition) is 6. The highest BCUT2D eigenvalue weighted by atomic mass is 19.3. The van der Waals surface area contributed by atoms with Crippen molar-refractivity contribution in [3.8, 4) is 5.88 Å². The number of allylic oxidation sites excluding steroid dienone is 3. The molecule has 0 saturated carbocycles. The highest BCUT2D eigenvalue weighted by Gasteiger charge is 2.41. The van der Waals surface area contributed by atoms with E-state index in [1.54, 1.807) is 18.2 Å². The van der Waals surface area contributed by atoms with Gasteiger partial charge in [0.15, 0.2) is 0 Å². The van der Waals surface area contributed by atoms with Crippen molar-refractivity contribution in [2.24, 2.45) is 5.41 Å². The predicted octanol–water partition coefficient (Wildman–Crippen LogP) is 8.18. The molecular formula is C33H46F2N4O2. The minimum absolute atomic E-state index is 0.167. The zero-order chi connectivity index (χ0) is 30.5. The summed E-state index contributed by atoms with van der Waals surface area (Å²) in [6, 6.07) is 12.3. The lowest BCUT2D eigenvalue weighted by molar-refractivity contribution is -0.115. The Kier molecular flexibility index (Phi) is 13.2. The van der Waals surface area contributed by atoms with Gasteiger partial charge in [0.05, 0.1) is 0 Å². The van der Waals surface area contributed by atoms with E-state index in [1.807, 2.05) is 13.0 Å². The summed E-state index contributed by atoms with van der Waals surface area (Å²) in [7, 11) is 0. The first-order chi connectivity index (χ1) is 19.4. The second-order valence-corrected chi connectivity index (χ2v) is 10.9. The third kappa shape index (κ3) is 11.5. The minimum atomic E-state index is -2.95. The summed E-state index contributed by atoms with van der Waals surface area (Å²) in [6.45, 7) is 16.8. The molecule has 41 heavy (non-hydrogen) atoms. The number of anilines is 2. The van der Waals surface area contributed by atoms with Crippen molar-refractivity contribution < 1.29 is 18.3 Å². The number of benzene rings is 1. The molecule has 224 valence electrons. The van der Waals surface area contributed by atoms with Gasteiger partial charge in [-0.3, -0.25) is 0 Å². The van der Waals surface area contributed by atoms with Crippen LogP contribution in [0.15, 0.2) is 72.4 Å². The van der Waals surface area contributed by atoms with E-state index in [1.165, 1.54) is 56.9 Å². The van der Waals surface area contributed by atoms with Gasteiger partial charge < -0.3 is 19.7 Å². The number of nitrogens with zero attached hydrogens (tertiary/aromatic N) is 3. The van der Waals surface area contributed by atoms with Crippen LogP contribution in [-0.4, -0.2) is 41.6 Å². The third-order valence-corrected chi connectivity index (χ3v) is 6.85. The molecule has 3 rings (SSSR count). The van der Waals surface area contributed by atoms with Gasteiger partial charge >= 0.3 is 0 Å². The lowest BCUT2D eigenvalue weighted by atomic mass is 9.72. The molecule has 8 heteroatoms. The molecule has 0 unspecified atom stereocenters. The van der Waals surface area contributed by atoms with Gasteiger partial charge in [0, 0.05) is 49.3 Å². The van der Waals surface area contributed by atoms with Gasteiger partial charge in [-0.05, 0) is 62.9 Å². The van der Waals surface area contributed by atoms with E-state index in [4.69, 9.17) is 4.74 Å². The van der Waals surface area contributed by atoms with Crippen LogP contribution in [0.4, 0.5) is 20.3 Å². The SMILES string of the molecule is C=C(/C=C\C(=C/C)COc1ccc(NCc2ccc(N3CC(CCC)(CCC)C3)cc2)nn1)C(C)(F)F.CC(C)=O. The van der Waals surface area contributed by atoms with Crippen molar-refractivity contribution in [3.63, 3.8) is 0 Å². The molecule has 1 saturated heterocycles.